The summed E-state index contributed by atoms with van der Waals surface area (Å²) in [7, 11) is 0. The molecule has 0 aromatic carbocycles. The van der Waals surface area contributed by atoms with E-state index in [9.17, 15) is 0 Å². The molecule has 1 saturated carbocycles. The highest BCUT2D eigenvalue weighted by Crippen LogP contribution is 2.40. The van der Waals surface area contributed by atoms with Crippen molar-refractivity contribution >= 4 is 5.82 Å². The lowest BCUT2D eigenvalue weighted by Crippen LogP contribution is -2.36. The fraction of sp³-hybridized carbons (Fsp3) is 0.556. The maximum atomic E-state index is 5.93. The Morgan fingerprint density at radius 2 is 2.05 bits per heavy atom. The van der Waals surface area contributed by atoms with Crippen LogP contribution < -0.4 is 4.90 Å². The van der Waals surface area contributed by atoms with E-state index < -0.39 is 0 Å². The van der Waals surface area contributed by atoms with Gasteiger partial charge in [0.1, 0.15) is 23.2 Å². The number of hydrogen-bond acceptors (Lipinski definition) is 4. The summed E-state index contributed by atoms with van der Waals surface area (Å²) in [5.74, 6) is 5.43. The summed E-state index contributed by atoms with van der Waals surface area (Å²) in [5, 5.41) is 0. The summed E-state index contributed by atoms with van der Waals surface area (Å²) >= 11 is 0. The van der Waals surface area contributed by atoms with Gasteiger partial charge in [-0.2, -0.15) is 0 Å². The van der Waals surface area contributed by atoms with E-state index in [0.717, 1.165) is 42.0 Å². The van der Waals surface area contributed by atoms with Crippen molar-refractivity contribution in [3.63, 3.8) is 0 Å². The molecule has 4 heteroatoms. The normalized spacial score (nSPS) is 25.5. The van der Waals surface area contributed by atoms with Crippen LogP contribution in [0.25, 0.3) is 0 Å². The van der Waals surface area contributed by atoms with Crippen LogP contribution in [0.3, 0.4) is 0 Å². The van der Waals surface area contributed by atoms with Gasteiger partial charge in [0, 0.05) is 18.7 Å². The summed E-state index contributed by atoms with van der Waals surface area (Å²) in [4.78, 5) is 11.7. The number of aromatic nitrogens is 2. The van der Waals surface area contributed by atoms with Crippen molar-refractivity contribution in [1.29, 1.82) is 0 Å². The van der Waals surface area contributed by atoms with E-state index >= 15 is 0 Å². The zero-order chi connectivity index (χ0) is 15.1. The fourth-order valence-electron chi connectivity index (χ4n) is 3.38. The molecule has 4 rings (SSSR count). The minimum Gasteiger partial charge on any atom is -0.464 e. The molecule has 4 nitrogen and oxygen atoms in total. The molecule has 2 aromatic rings. The number of hydrogen-bond donors (Lipinski definition) is 0. The molecule has 3 heterocycles. The summed E-state index contributed by atoms with van der Waals surface area (Å²) in [6, 6.07) is 6.51. The molecule has 2 atom stereocenters. The van der Waals surface area contributed by atoms with Crippen molar-refractivity contribution in [3.05, 3.63) is 41.7 Å². The van der Waals surface area contributed by atoms with Crippen molar-refractivity contribution in [2.24, 2.45) is 5.92 Å². The van der Waals surface area contributed by atoms with E-state index in [-0.39, 0.29) is 0 Å². The van der Waals surface area contributed by atoms with E-state index in [4.69, 9.17) is 9.40 Å². The first-order valence-electron chi connectivity index (χ1n) is 8.36. The second-order valence-electron chi connectivity index (χ2n) is 6.83. The molecule has 1 aliphatic heterocycles. The number of aryl methyl sites for hydroxylation is 1. The molecular weight excluding hydrogens is 274 g/mol. The van der Waals surface area contributed by atoms with E-state index in [1.807, 2.05) is 19.2 Å². The molecule has 2 unspecified atom stereocenters. The highest BCUT2D eigenvalue weighted by molar-refractivity contribution is 5.42. The molecule has 0 N–H and O–H groups in total. The smallest absolute Gasteiger partial charge is 0.133 e. The van der Waals surface area contributed by atoms with E-state index in [0.29, 0.717) is 12.0 Å². The predicted octanol–water partition coefficient (Wildman–Crippen LogP) is 4.23. The molecule has 1 aliphatic carbocycles. The van der Waals surface area contributed by atoms with Gasteiger partial charge in [0.15, 0.2) is 0 Å². The second-order valence-corrected chi connectivity index (χ2v) is 6.83. The van der Waals surface area contributed by atoms with Gasteiger partial charge >= 0.3 is 0 Å². The third-order valence-corrected chi connectivity index (χ3v) is 4.85. The van der Waals surface area contributed by atoms with Gasteiger partial charge in [-0.15, -0.1) is 0 Å². The van der Waals surface area contributed by atoms with Gasteiger partial charge in [-0.1, -0.05) is 6.92 Å². The number of nitrogens with zero attached hydrogens (tertiary/aromatic N) is 3. The van der Waals surface area contributed by atoms with Gasteiger partial charge in [0.05, 0.1) is 6.04 Å². The van der Waals surface area contributed by atoms with E-state index in [2.05, 4.69) is 28.9 Å². The quantitative estimate of drug-likeness (QED) is 0.850. The molecule has 22 heavy (non-hydrogen) atoms. The Kier molecular flexibility index (Phi) is 3.40. The fourth-order valence-corrected chi connectivity index (χ4v) is 3.38. The van der Waals surface area contributed by atoms with Crippen molar-refractivity contribution in [2.75, 3.05) is 11.4 Å². The van der Waals surface area contributed by atoms with Crippen LogP contribution in [0, 0.1) is 12.8 Å². The zero-order valence-corrected chi connectivity index (χ0v) is 13.3. The highest BCUT2D eigenvalue weighted by Gasteiger charge is 2.32. The Morgan fingerprint density at radius 1 is 1.18 bits per heavy atom. The summed E-state index contributed by atoms with van der Waals surface area (Å²) in [6.45, 7) is 5.37. The van der Waals surface area contributed by atoms with Gasteiger partial charge in [-0.3, -0.25) is 0 Å². The maximum absolute atomic E-state index is 5.93. The number of anilines is 1. The van der Waals surface area contributed by atoms with E-state index in [1.54, 1.807) is 0 Å². The molecule has 2 aromatic heterocycles. The topological polar surface area (TPSA) is 42.2 Å². The summed E-state index contributed by atoms with van der Waals surface area (Å²) in [6.07, 6.45) is 6.72. The summed E-state index contributed by atoms with van der Waals surface area (Å²) in [5.41, 5.74) is 0. The van der Waals surface area contributed by atoms with Gasteiger partial charge < -0.3 is 9.32 Å². The molecular formula is C18H23N3O. The van der Waals surface area contributed by atoms with Gasteiger partial charge in [0.25, 0.3) is 0 Å². The summed E-state index contributed by atoms with van der Waals surface area (Å²) < 4.78 is 5.93. The van der Waals surface area contributed by atoms with Crippen LogP contribution in [0.15, 0.2) is 28.8 Å². The van der Waals surface area contributed by atoms with E-state index in [1.165, 1.54) is 19.3 Å². The van der Waals surface area contributed by atoms with Crippen LogP contribution in [-0.4, -0.2) is 16.5 Å². The average Bonchev–Trinajstić information content (AvgIpc) is 3.29. The average molecular weight is 297 g/mol. The highest BCUT2D eigenvalue weighted by atomic mass is 16.3. The maximum Gasteiger partial charge on any atom is 0.133 e. The minimum absolute atomic E-state index is 0.291. The lowest BCUT2D eigenvalue weighted by molar-refractivity contribution is 0.323. The first-order chi connectivity index (χ1) is 10.7. The van der Waals surface area contributed by atoms with Crippen LogP contribution in [0.2, 0.25) is 0 Å². The predicted molar refractivity (Wildman–Crippen MR) is 85.9 cm³/mol. The molecule has 116 valence electrons. The van der Waals surface area contributed by atoms with Crippen LogP contribution in [0.4, 0.5) is 5.82 Å². The van der Waals surface area contributed by atoms with Gasteiger partial charge in [-0.05, 0) is 56.7 Å². The van der Waals surface area contributed by atoms with Gasteiger partial charge in [-0.25, -0.2) is 9.97 Å². The molecule has 0 spiro atoms. The van der Waals surface area contributed by atoms with Crippen LogP contribution in [0.1, 0.15) is 61.9 Å². The standard InChI is InChI=1S/C18H23N3O/c1-12-8-10-21(15(11-12)16-6-3-13(2)22-16)17-7-9-19-18(20-17)14-4-5-14/h3,6-7,9,12,14-15H,4-5,8,10-11H2,1-2H3. The third kappa shape index (κ3) is 2.62. The second kappa shape index (κ2) is 5.41. The first-order valence-corrected chi connectivity index (χ1v) is 8.36. The Morgan fingerprint density at radius 3 is 2.77 bits per heavy atom. The lowest BCUT2D eigenvalue weighted by atomic mass is 9.91. The molecule has 0 amide bonds. The van der Waals surface area contributed by atoms with Gasteiger partial charge in [0.2, 0.25) is 0 Å². The van der Waals surface area contributed by atoms with Crippen LogP contribution in [0.5, 0.6) is 0 Å². The first kappa shape index (κ1) is 13.8. The Hall–Kier alpha value is -1.84. The SMILES string of the molecule is Cc1ccc(C2CC(C)CCN2c2ccnc(C3CC3)n2)o1. The molecule has 1 saturated heterocycles. The van der Waals surface area contributed by atoms with Crippen LogP contribution in [-0.2, 0) is 0 Å². The zero-order valence-electron chi connectivity index (χ0n) is 13.3. The Balaban J connectivity index is 1.66. The molecule has 2 aliphatic rings. The van der Waals surface area contributed by atoms with Crippen molar-refractivity contribution in [2.45, 2.75) is 51.5 Å². The molecule has 2 fully saturated rings. The van der Waals surface area contributed by atoms with Crippen molar-refractivity contribution < 1.29 is 4.42 Å². The van der Waals surface area contributed by atoms with Crippen molar-refractivity contribution in [3.8, 4) is 0 Å². The lowest BCUT2D eigenvalue weighted by Gasteiger charge is -2.38. The Labute approximate surface area is 131 Å². The minimum atomic E-state index is 0.291. The largest absolute Gasteiger partial charge is 0.464 e. The number of furan rings is 1. The molecule has 0 bridgehead atoms. The monoisotopic (exact) mass is 297 g/mol. The molecule has 0 radical (unpaired) electrons. The third-order valence-electron chi connectivity index (χ3n) is 4.85. The van der Waals surface area contributed by atoms with Crippen molar-refractivity contribution in [1.82, 2.24) is 9.97 Å². The Bertz CT molecular complexity index is 662. The number of rotatable bonds is 3. The number of piperidine rings is 1. The van der Waals surface area contributed by atoms with Crippen LogP contribution >= 0.6 is 0 Å².